The fraction of sp³-hybridized carbons (Fsp3) is 1.00. The molecule has 2 atom stereocenters. The Labute approximate surface area is 104 Å². The Kier molecular flexibility index (Phi) is 4.97. The number of hydrogen-bond acceptors (Lipinski definition) is 5. The first kappa shape index (κ1) is 14.9. The van der Waals surface area contributed by atoms with Gasteiger partial charge in [-0.05, 0) is 37.6 Å². The highest BCUT2D eigenvalue weighted by Gasteiger charge is 2.32. The highest BCUT2D eigenvalue weighted by atomic mass is 32.2. The second-order valence-corrected chi connectivity index (χ2v) is 9.42. The van der Waals surface area contributed by atoms with Crippen LogP contribution in [0.25, 0.3) is 0 Å². The number of nitrogens with two attached hydrogens (primary N) is 1. The van der Waals surface area contributed by atoms with E-state index in [0.29, 0.717) is 25.8 Å². The predicted octanol–water partition coefficient (Wildman–Crippen LogP) is -0.179. The largest absolute Gasteiger partial charge is 0.330 e. The first-order valence-electron chi connectivity index (χ1n) is 5.82. The van der Waals surface area contributed by atoms with E-state index in [-0.39, 0.29) is 29.1 Å². The molecule has 1 rings (SSSR count). The molecule has 1 saturated heterocycles. The molecule has 1 heterocycles. The van der Waals surface area contributed by atoms with Gasteiger partial charge in [-0.2, -0.15) is 0 Å². The highest BCUT2D eigenvalue weighted by molar-refractivity contribution is 7.91. The summed E-state index contributed by atoms with van der Waals surface area (Å²) < 4.78 is 44.7. The van der Waals surface area contributed by atoms with Crippen LogP contribution < -0.4 is 5.73 Å². The van der Waals surface area contributed by atoms with Gasteiger partial charge in [-0.15, -0.1) is 0 Å². The van der Waals surface area contributed by atoms with E-state index < -0.39 is 19.7 Å². The van der Waals surface area contributed by atoms with Crippen LogP contribution >= 0.6 is 0 Å². The molecule has 2 unspecified atom stereocenters. The summed E-state index contributed by atoms with van der Waals surface area (Å²) in [6, 6.07) is 0. The first-order chi connectivity index (χ1) is 7.73. The Hall–Kier alpha value is -0.140. The van der Waals surface area contributed by atoms with Gasteiger partial charge >= 0.3 is 0 Å². The molecule has 0 bridgehead atoms. The molecule has 17 heavy (non-hydrogen) atoms. The van der Waals surface area contributed by atoms with Gasteiger partial charge in [0.25, 0.3) is 0 Å². The van der Waals surface area contributed by atoms with Crippen molar-refractivity contribution >= 4 is 19.7 Å². The number of hydrogen-bond donors (Lipinski definition) is 1. The monoisotopic (exact) mass is 283 g/mol. The van der Waals surface area contributed by atoms with Gasteiger partial charge in [-0.1, -0.05) is 0 Å². The van der Waals surface area contributed by atoms with Crippen molar-refractivity contribution in [2.24, 2.45) is 17.6 Å². The molecule has 1 aliphatic heterocycles. The summed E-state index contributed by atoms with van der Waals surface area (Å²) >= 11 is 0. The van der Waals surface area contributed by atoms with Crippen molar-refractivity contribution < 1.29 is 16.8 Å². The summed E-state index contributed by atoms with van der Waals surface area (Å²) in [7, 11) is -5.81. The Morgan fingerprint density at radius 3 is 2.47 bits per heavy atom. The molecule has 0 saturated carbocycles. The van der Waals surface area contributed by atoms with Crippen molar-refractivity contribution in [2.75, 3.05) is 30.1 Å². The molecule has 0 aliphatic carbocycles. The molecule has 0 spiro atoms. The van der Waals surface area contributed by atoms with Crippen molar-refractivity contribution in [3.8, 4) is 0 Å². The maximum Gasteiger partial charge on any atom is 0.150 e. The van der Waals surface area contributed by atoms with Crippen LogP contribution in [0.4, 0.5) is 0 Å². The van der Waals surface area contributed by atoms with Gasteiger partial charge in [0.15, 0.2) is 9.84 Å². The molecule has 1 aliphatic rings. The summed E-state index contributed by atoms with van der Waals surface area (Å²) in [5.41, 5.74) is 5.65. The van der Waals surface area contributed by atoms with Crippen LogP contribution in [0, 0.1) is 11.8 Å². The fourth-order valence-electron chi connectivity index (χ4n) is 2.35. The molecule has 0 radical (unpaired) electrons. The van der Waals surface area contributed by atoms with E-state index in [2.05, 4.69) is 0 Å². The van der Waals surface area contributed by atoms with E-state index in [0.717, 1.165) is 0 Å². The zero-order valence-corrected chi connectivity index (χ0v) is 11.8. The van der Waals surface area contributed by atoms with Crippen LogP contribution in [0.2, 0.25) is 0 Å². The van der Waals surface area contributed by atoms with Gasteiger partial charge in [-0.25, -0.2) is 16.8 Å². The summed E-state index contributed by atoms with van der Waals surface area (Å²) in [4.78, 5) is 0. The van der Waals surface area contributed by atoms with Gasteiger partial charge in [0.05, 0.1) is 11.5 Å². The summed E-state index contributed by atoms with van der Waals surface area (Å²) in [6.07, 6.45) is 3.15. The number of sulfone groups is 2. The molecule has 7 heteroatoms. The molecular weight excluding hydrogens is 262 g/mol. The molecule has 2 N–H and O–H groups in total. The maximum absolute atomic E-state index is 11.4. The van der Waals surface area contributed by atoms with E-state index in [1.165, 1.54) is 6.26 Å². The van der Waals surface area contributed by atoms with Gasteiger partial charge in [-0.3, -0.25) is 0 Å². The van der Waals surface area contributed by atoms with Crippen molar-refractivity contribution in [3.63, 3.8) is 0 Å². The van der Waals surface area contributed by atoms with Crippen LogP contribution in [0.3, 0.4) is 0 Å². The Morgan fingerprint density at radius 2 is 2.06 bits per heavy atom. The van der Waals surface area contributed by atoms with Crippen LogP contribution in [0.5, 0.6) is 0 Å². The molecule has 0 aromatic heterocycles. The average Bonchev–Trinajstić information content (AvgIpc) is 2.52. The molecule has 0 aromatic carbocycles. The normalized spacial score (nSPS) is 25.9. The lowest BCUT2D eigenvalue weighted by molar-refractivity contribution is 0.347. The van der Waals surface area contributed by atoms with Crippen LogP contribution in [-0.4, -0.2) is 46.9 Å². The van der Waals surface area contributed by atoms with Gasteiger partial charge in [0, 0.05) is 12.0 Å². The lowest BCUT2D eigenvalue weighted by Crippen LogP contribution is -2.25. The van der Waals surface area contributed by atoms with Gasteiger partial charge in [0.2, 0.25) is 0 Å². The van der Waals surface area contributed by atoms with Crippen LogP contribution in [-0.2, 0) is 19.7 Å². The van der Waals surface area contributed by atoms with Crippen molar-refractivity contribution in [2.45, 2.75) is 19.3 Å². The van der Waals surface area contributed by atoms with Crippen molar-refractivity contribution in [1.82, 2.24) is 0 Å². The molecule has 0 aromatic rings. The summed E-state index contributed by atoms with van der Waals surface area (Å²) in [6.45, 7) is 0.434. The SMILES string of the molecule is CS(=O)(=O)CCCC(CN)C1CCS(=O)(=O)C1. The zero-order chi connectivity index (χ0) is 13.1. The highest BCUT2D eigenvalue weighted by Crippen LogP contribution is 2.28. The van der Waals surface area contributed by atoms with Crippen LogP contribution in [0.1, 0.15) is 19.3 Å². The smallest absolute Gasteiger partial charge is 0.150 e. The van der Waals surface area contributed by atoms with Crippen molar-refractivity contribution in [1.29, 1.82) is 0 Å². The first-order valence-corrected chi connectivity index (χ1v) is 9.70. The van der Waals surface area contributed by atoms with Crippen molar-refractivity contribution in [3.05, 3.63) is 0 Å². The third kappa shape index (κ3) is 5.35. The molecule has 5 nitrogen and oxygen atoms in total. The number of rotatable bonds is 6. The standard InChI is InChI=1S/C10H21NO4S2/c1-16(12,13)5-2-3-9(7-11)10-4-6-17(14,15)8-10/h9-10H,2-8,11H2,1H3. The third-order valence-electron chi connectivity index (χ3n) is 3.33. The predicted molar refractivity (Wildman–Crippen MR) is 68.3 cm³/mol. The average molecular weight is 283 g/mol. The lowest BCUT2D eigenvalue weighted by Gasteiger charge is -2.20. The third-order valence-corrected chi connectivity index (χ3v) is 6.15. The minimum absolute atomic E-state index is 0.115. The second kappa shape index (κ2) is 5.67. The maximum atomic E-state index is 11.4. The molecule has 102 valence electrons. The minimum Gasteiger partial charge on any atom is -0.330 e. The van der Waals surface area contributed by atoms with Crippen LogP contribution in [0.15, 0.2) is 0 Å². The topological polar surface area (TPSA) is 94.3 Å². The van der Waals surface area contributed by atoms with E-state index in [9.17, 15) is 16.8 Å². The van der Waals surface area contributed by atoms with E-state index >= 15 is 0 Å². The summed E-state index contributed by atoms with van der Waals surface area (Å²) in [5.74, 6) is 0.871. The quantitative estimate of drug-likeness (QED) is 0.730. The molecule has 0 amide bonds. The Bertz CT molecular complexity index is 441. The van der Waals surface area contributed by atoms with Gasteiger partial charge in [0.1, 0.15) is 9.84 Å². The molecular formula is C10H21NO4S2. The van der Waals surface area contributed by atoms with E-state index in [4.69, 9.17) is 5.73 Å². The fourth-order valence-corrected chi connectivity index (χ4v) is 4.96. The second-order valence-electron chi connectivity index (χ2n) is 4.93. The molecule has 1 fully saturated rings. The van der Waals surface area contributed by atoms with E-state index in [1.807, 2.05) is 0 Å². The Morgan fingerprint density at radius 1 is 1.41 bits per heavy atom. The Balaban J connectivity index is 2.45. The minimum atomic E-state index is -2.93. The van der Waals surface area contributed by atoms with E-state index in [1.54, 1.807) is 0 Å². The summed E-state index contributed by atoms with van der Waals surface area (Å²) in [5, 5.41) is 0. The lowest BCUT2D eigenvalue weighted by atomic mass is 9.88. The van der Waals surface area contributed by atoms with Gasteiger partial charge < -0.3 is 5.73 Å². The zero-order valence-electron chi connectivity index (χ0n) is 10.1.